The summed E-state index contributed by atoms with van der Waals surface area (Å²) in [5.41, 5.74) is 0. The molecule has 1 aliphatic heterocycles. The van der Waals surface area contributed by atoms with Gasteiger partial charge in [-0.1, -0.05) is 15.9 Å². The molecule has 1 aliphatic rings. The van der Waals surface area contributed by atoms with Crippen molar-refractivity contribution in [1.29, 1.82) is 0 Å². The van der Waals surface area contributed by atoms with Gasteiger partial charge in [0.25, 0.3) is 0 Å². The van der Waals surface area contributed by atoms with Crippen molar-refractivity contribution in [3.63, 3.8) is 0 Å². The molecule has 0 N–H and O–H groups in total. The second kappa shape index (κ2) is 6.84. The average molecular weight is 462 g/mol. The second-order valence-corrected chi connectivity index (χ2v) is 8.82. The van der Waals surface area contributed by atoms with E-state index >= 15 is 0 Å². The summed E-state index contributed by atoms with van der Waals surface area (Å²) in [6, 6.07) is 6.70. The molecular formula is C14H14Br2N4O2S. The van der Waals surface area contributed by atoms with Crippen LogP contribution in [0, 0.1) is 0 Å². The highest BCUT2D eigenvalue weighted by Gasteiger charge is 2.29. The number of nitrogens with zero attached hydrogens (tertiary/aromatic N) is 4. The first-order valence-electron chi connectivity index (χ1n) is 6.95. The van der Waals surface area contributed by atoms with Crippen LogP contribution >= 0.6 is 31.9 Å². The third kappa shape index (κ3) is 3.73. The van der Waals surface area contributed by atoms with E-state index in [9.17, 15) is 8.42 Å². The van der Waals surface area contributed by atoms with Crippen LogP contribution < -0.4 is 4.90 Å². The molecule has 0 radical (unpaired) electrons. The number of hydrogen-bond acceptors (Lipinski definition) is 5. The van der Waals surface area contributed by atoms with Gasteiger partial charge in [-0.25, -0.2) is 18.4 Å². The summed E-state index contributed by atoms with van der Waals surface area (Å²) < 4.78 is 28.5. The van der Waals surface area contributed by atoms with Crippen molar-refractivity contribution >= 4 is 47.8 Å². The fourth-order valence-electron chi connectivity index (χ4n) is 2.35. The first-order chi connectivity index (χ1) is 11.0. The molecule has 1 fully saturated rings. The Hall–Kier alpha value is -1.03. The lowest BCUT2D eigenvalue weighted by molar-refractivity contribution is 0.382. The van der Waals surface area contributed by atoms with Crippen LogP contribution in [0.3, 0.4) is 0 Å². The van der Waals surface area contributed by atoms with Gasteiger partial charge in [-0.2, -0.15) is 4.31 Å². The zero-order chi connectivity index (χ0) is 16.4. The van der Waals surface area contributed by atoms with Crippen molar-refractivity contribution in [1.82, 2.24) is 14.3 Å². The molecule has 1 aromatic carbocycles. The summed E-state index contributed by atoms with van der Waals surface area (Å²) in [5, 5.41) is 0. The van der Waals surface area contributed by atoms with Gasteiger partial charge >= 0.3 is 0 Å². The predicted octanol–water partition coefficient (Wildman–Crippen LogP) is 2.51. The minimum absolute atomic E-state index is 0.314. The quantitative estimate of drug-likeness (QED) is 0.702. The summed E-state index contributed by atoms with van der Waals surface area (Å²) in [6.07, 6.45) is 3.38. The van der Waals surface area contributed by atoms with Crippen molar-refractivity contribution in [3.8, 4) is 0 Å². The Morgan fingerprint density at radius 3 is 2.00 bits per heavy atom. The van der Waals surface area contributed by atoms with Crippen molar-refractivity contribution < 1.29 is 8.42 Å². The Bertz CT molecular complexity index is 773. The van der Waals surface area contributed by atoms with E-state index in [0.717, 1.165) is 8.95 Å². The van der Waals surface area contributed by atoms with E-state index in [2.05, 4.69) is 41.8 Å². The van der Waals surface area contributed by atoms with Gasteiger partial charge in [0, 0.05) is 43.0 Å². The number of sulfonamides is 1. The molecule has 122 valence electrons. The molecule has 23 heavy (non-hydrogen) atoms. The Morgan fingerprint density at radius 2 is 1.43 bits per heavy atom. The third-order valence-electron chi connectivity index (χ3n) is 3.58. The molecule has 0 saturated carbocycles. The van der Waals surface area contributed by atoms with Crippen LogP contribution in [-0.2, 0) is 10.0 Å². The molecule has 2 aromatic rings. The maximum Gasteiger partial charge on any atom is 0.243 e. The maximum absolute atomic E-state index is 12.6. The summed E-state index contributed by atoms with van der Waals surface area (Å²) >= 11 is 6.62. The standard InChI is InChI=1S/C14H14Br2N4O2S/c15-11-1-3-13(4-2-11)23(21,22)20-7-5-19(6-8-20)14-17-9-12(16)10-18-14/h1-4,9-10H,5-8H2. The van der Waals surface area contributed by atoms with Crippen LogP contribution in [0.1, 0.15) is 0 Å². The first kappa shape index (κ1) is 16.8. The summed E-state index contributed by atoms with van der Waals surface area (Å²) in [4.78, 5) is 10.8. The van der Waals surface area contributed by atoms with Crippen molar-refractivity contribution in [2.75, 3.05) is 31.1 Å². The summed E-state index contributed by atoms with van der Waals surface area (Å²) in [7, 11) is -3.45. The van der Waals surface area contributed by atoms with Gasteiger partial charge in [-0.15, -0.1) is 0 Å². The predicted molar refractivity (Wildman–Crippen MR) is 94.8 cm³/mol. The highest BCUT2D eigenvalue weighted by atomic mass is 79.9. The zero-order valence-corrected chi connectivity index (χ0v) is 16.1. The Kier molecular flexibility index (Phi) is 5.00. The fraction of sp³-hybridized carbons (Fsp3) is 0.286. The Morgan fingerprint density at radius 1 is 0.870 bits per heavy atom. The molecule has 1 saturated heterocycles. The lowest BCUT2D eigenvalue weighted by Crippen LogP contribution is -2.49. The Labute approximate surface area is 151 Å². The number of rotatable bonds is 3. The second-order valence-electron chi connectivity index (χ2n) is 5.05. The van der Waals surface area contributed by atoms with Crippen LogP contribution in [0.15, 0.2) is 50.5 Å². The SMILES string of the molecule is O=S(=O)(c1ccc(Br)cc1)N1CCN(c2ncc(Br)cn2)CC1. The molecule has 0 bridgehead atoms. The number of anilines is 1. The number of halogens is 2. The molecule has 0 spiro atoms. The monoisotopic (exact) mass is 460 g/mol. The molecule has 2 heterocycles. The van der Waals surface area contributed by atoms with E-state index in [1.165, 1.54) is 4.31 Å². The number of aromatic nitrogens is 2. The van der Waals surface area contributed by atoms with E-state index in [1.54, 1.807) is 36.7 Å². The summed E-state index contributed by atoms with van der Waals surface area (Å²) in [5.74, 6) is 0.619. The van der Waals surface area contributed by atoms with Gasteiger partial charge in [0.05, 0.1) is 9.37 Å². The highest BCUT2D eigenvalue weighted by molar-refractivity contribution is 9.10. The molecule has 1 aromatic heterocycles. The summed E-state index contributed by atoms with van der Waals surface area (Å²) in [6.45, 7) is 1.96. The van der Waals surface area contributed by atoms with Gasteiger partial charge in [0.15, 0.2) is 0 Å². The molecule has 0 amide bonds. The van der Waals surface area contributed by atoms with Gasteiger partial charge in [-0.3, -0.25) is 0 Å². The van der Waals surface area contributed by atoms with Gasteiger partial charge in [0.1, 0.15) is 0 Å². The molecule has 0 unspecified atom stereocenters. The fourth-order valence-corrected chi connectivity index (χ4v) is 4.24. The van der Waals surface area contributed by atoms with E-state index in [0.29, 0.717) is 37.0 Å². The number of piperazine rings is 1. The van der Waals surface area contributed by atoms with Crippen LogP contribution in [0.4, 0.5) is 5.95 Å². The zero-order valence-electron chi connectivity index (χ0n) is 12.1. The lowest BCUT2D eigenvalue weighted by atomic mass is 10.4. The molecule has 0 aliphatic carbocycles. The van der Waals surface area contributed by atoms with E-state index < -0.39 is 10.0 Å². The number of benzene rings is 1. The lowest BCUT2D eigenvalue weighted by Gasteiger charge is -2.33. The van der Waals surface area contributed by atoms with Crippen LogP contribution in [0.25, 0.3) is 0 Å². The minimum atomic E-state index is -3.45. The van der Waals surface area contributed by atoms with Crippen LogP contribution in [0.5, 0.6) is 0 Å². The molecule has 3 rings (SSSR count). The van der Waals surface area contributed by atoms with E-state index in [4.69, 9.17) is 0 Å². The smallest absolute Gasteiger partial charge is 0.243 e. The van der Waals surface area contributed by atoms with Crippen molar-refractivity contribution in [2.24, 2.45) is 0 Å². The molecule has 6 nitrogen and oxygen atoms in total. The highest BCUT2D eigenvalue weighted by Crippen LogP contribution is 2.21. The Balaban J connectivity index is 1.70. The van der Waals surface area contributed by atoms with Gasteiger partial charge in [0.2, 0.25) is 16.0 Å². The normalized spacial score (nSPS) is 16.5. The minimum Gasteiger partial charge on any atom is -0.338 e. The topological polar surface area (TPSA) is 66.4 Å². The van der Waals surface area contributed by atoms with E-state index in [1.807, 2.05) is 4.90 Å². The molecule has 9 heteroatoms. The van der Waals surface area contributed by atoms with Crippen LogP contribution in [-0.4, -0.2) is 48.9 Å². The van der Waals surface area contributed by atoms with E-state index in [-0.39, 0.29) is 0 Å². The van der Waals surface area contributed by atoms with Crippen LogP contribution in [0.2, 0.25) is 0 Å². The third-order valence-corrected chi connectivity index (χ3v) is 6.43. The maximum atomic E-state index is 12.6. The van der Waals surface area contributed by atoms with Gasteiger partial charge < -0.3 is 4.90 Å². The largest absolute Gasteiger partial charge is 0.338 e. The number of hydrogen-bond donors (Lipinski definition) is 0. The average Bonchev–Trinajstić information content (AvgIpc) is 2.56. The molecule has 0 atom stereocenters. The first-order valence-corrected chi connectivity index (χ1v) is 9.97. The van der Waals surface area contributed by atoms with Crippen molar-refractivity contribution in [3.05, 3.63) is 45.6 Å². The van der Waals surface area contributed by atoms with Crippen molar-refractivity contribution in [2.45, 2.75) is 4.90 Å². The van der Waals surface area contributed by atoms with Gasteiger partial charge in [-0.05, 0) is 40.2 Å². The molecular weight excluding hydrogens is 448 g/mol.